The smallest absolute Gasteiger partial charge is 0.408 e. The Kier molecular flexibility index (Phi) is 5.05. The molecule has 1 saturated carbocycles. The van der Waals surface area contributed by atoms with Crippen LogP contribution in [0.1, 0.15) is 60.3 Å². The minimum atomic E-state index is -0.849. The molecule has 0 radical (unpaired) electrons. The lowest BCUT2D eigenvalue weighted by atomic mass is 9.75. The number of hydrogen-bond acceptors (Lipinski definition) is 3. The van der Waals surface area contributed by atoms with E-state index in [1.54, 1.807) is 20.8 Å². The molecular formula is C15H27NO4. The number of carboxylic acid groups (broad SMARTS) is 1. The van der Waals surface area contributed by atoms with Crippen LogP contribution in [0, 0.1) is 11.8 Å². The Morgan fingerprint density at radius 3 is 2.05 bits per heavy atom. The second-order valence-corrected chi connectivity index (χ2v) is 7.05. The molecule has 0 heterocycles. The van der Waals surface area contributed by atoms with Crippen molar-refractivity contribution < 1.29 is 19.4 Å². The zero-order chi connectivity index (χ0) is 15.6. The van der Waals surface area contributed by atoms with Crippen LogP contribution in [-0.2, 0) is 9.53 Å². The molecule has 20 heavy (non-hydrogen) atoms. The molecule has 0 aromatic carbocycles. The van der Waals surface area contributed by atoms with Gasteiger partial charge in [0.25, 0.3) is 0 Å². The van der Waals surface area contributed by atoms with Gasteiger partial charge in [-0.05, 0) is 39.5 Å². The van der Waals surface area contributed by atoms with Crippen molar-refractivity contribution in [1.82, 2.24) is 5.32 Å². The monoisotopic (exact) mass is 285 g/mol. The van der Waals surface area contributed by atoms with Crippen LogP contribution in [0.2, 0.25) is 0 Å². The van der Waals surface area contributed by atoms with Crippen molar-refractivity contribution in [2.24, 2.45) is 11.8 Å². The average Bonchev–Trinajstić information content (AvgIpc) is 2.61. The molecule has 1 rings (SSSR count). The van der Waals surface area contributed by atoms with Crippen molar-refractivity contribution in [3.63, 3.8) is 0 Å². The minimum Gasteiger partial charge on any atom is -0.481 e. The van der Waals surface area contributed by atoms with Crippen molar-refractivity contribution in [1.29, 1.82) is 0 Å². The molecule has 0 saturated heterocycles. The van der Waals surface area contributed by atoms with Crippen molar-refractivity contribution in [2.75, 3.05) is 0 Å². The van der Waals surface area contributed by atoms with Gasteiger partial charge in [0.15, 0.2) is 0 Å². The van der Waals surface area contributed by atoms with Gasteiger partial charge >= 0.3 is 12.1 Å². The number of rotatable bonds is 4. The molecule has 1 unspecified atom stereocenters. The Morgan fingerprint density at radius 2 is 1.70 bits per heavy atom. The second-order valence-electron chi connectivity index (χ2n) is 7.05. The van der Waals surface area contributed by atoms with Crippen molar-refractivity contribution in [3.05, 3.63) is 0 Å². The van der Waals surface area contributed by atoms with Crippen LogP contribution in [0.25, 0.3) is 0 Å². The summed E-state index contributed by atoms with van der Waals surface area (Å²) in [7, 11) is 0. The first-order valence-electron chi connectivity index (χ1n) is 7.31. The lowest BCUT2D eigenvalue weighted by molar-refractivity contribution is -0.146. The Hall–Kier alpha value is -1.26. The van der Waals surface area contributed by atoms with E-state index < -0.39 is 29.1 Å². The Morgan fingerprint density at radius 1 is 1.20 bits per heavy atom. The molecule has 0 bridgehead atoms. The third-order valence-corrected chi connectivity index (χ3v) is 3.77. The molecule has 5 nitrogen and oxygen atoms in total. The average molecular weight is 285 g/mol. The fraction of sp³-hybridized carbons (Fsp3) is 0.867. The number of carbonyl (C=O) groups excluding carboxylic acids is 1. The van der Waals surface area contributed by atoms with Gasteiger partial charge in [-0.1, -0.05) is 26.7 Å². The van der Waals surface area contributed by atoms with E-state index in [-0.39, 0.29) is 5.92 Å². The lowest BCUT2D eigenvalue weighted by Gasteiger charge is -2.38. The third kappa shape index (κ3) is 4.12. The topological polar surface area (TPSA) is 75.6 Å². The summed E-state index contributed by atoms with van der Waals surface area (Å²) in [6, 6.07) is 0. The van der Waals surface area contributed by atoms with E-state index in [2.05, 4.69) is 5.32 Å². The van der Waals surface area contributed by atoms with Crippen LogP contribution in [0.3, 0.4) is 0 Å². The van der Waals surface area contributed by atoms with Crippen LogP contribution >= 0.6 is 0 Å². The molecule has 2 N–H and O–H groups in total. The van der Waals surface area contributed by atoms with Gasteiger partial charge in [-0.2, -0.15) is 0 Å². The number of nitrogens with one attached hydrogen (secondary N) is 1. The number of aliphatic carboxylic acids is 1. The van der Waals surface area contributed by atoms with Crippen LogP contribution in [-0.4, -0.2) is 28.3 Å². The normalized spacial score (nSPS) is 19.7. The summed E-state index contributed by atoms with van der Waals surface area (Å²) in [5.74, 6) is -1.48. The van der Waals surface area contributed by atoms with Crippen molar-refractivity contribution >= 4 is 12.1 Å². The summed E-state index contributed by atoms with van der Waals surface area (Å²) < 4.78 is 5.29. The first kappa shape index (κ1) is 16.8. The summed E-state index contributed by atoms with van der Waals surface area (Å²) in [5, 5.41) is 12.4. The molecule has 1 amide bonds. The van der Waals surface area contributed by atoms with Crippen molar-refractivity contribution in [2.45, 2.75) is 71.4 Å². The summed E-state index contributed by atoms with van der Waals surface area (Å²) in [4.78, 5) is 23.7. The van der Waals surface area contributed by atoms with Crippen LogP contribution < -0.4 is 5.32 Å². The molecule has 0 aromatic heterocycles. The molecule has 1 fully saturated rings. The Bertz CT molecular complexity index is 365. The highest BCUT2D eigenvalue weighted by Crippen LogP contribution is 2.40. The maximum Gasteiger partial charge on any atom is 0.408 e. The summed E-state index contributed by atoms with van der Waals surface area (Å²) in [6.07, 6.45) is 2.74. The van der Waals surface area contributed by atoms with Gasteiger partial charge in [0.2, 0.25) is 0 Å². The van der Waals surface area contributed by atoms with E-state index in [1.807, 2.05) is 13.8 Å². The molecule has 5 heteroatoms. The van der Waals surface area contributed by atoms with E-state index in [1.165, 1.54) is 0 Å². The molecule has 0 aromatic rings. The maximum absolute atomic E-state index is 12.0. The standard InChI is InChI=1S/C15H27NO4/c1-10(2)11(12(17)18)15(8-6-7-9-15)16-13(19)20-14(3,4)5/h10-11H,6-9H2,1-5H3,(H,16,19)(H,17,18). The molecule has 116 valence electrons. The molecule has 1 aliphatic carbocycles. The van der Waals surface area contributed by atoms with E-state index >= 15 is 0 Å². The fourth-order valence-corrected chi connectivity index (χ4v) is 3.19. The number of ether oxygens (including phenoxy) is 1. The molecular weight excluding hydrogens is 258 g/mol. The van der Waals surface area contributed by atoms with Gasteiger partial charge in [0.1, 0.15) is 5.60 Å². The highest BCUT2D eigenvalue weighted by Gasteiger charge is 2.48. The number of carbonyl (C=O) groups is 2. The van der Waals surface area contributed by atoms with Gasteiger partial charge in [-0.15, -0.1) is 0 Å². The van der Waals surface area contributed by atoms with E-state index in [0.717, 1.165) is 12.8 Å². The third-order valence-electron chi connectivity index (χ3n) is 3.77. The van der Waals surface area contributed by atoms with E-state index in [9.17, 15) is 14.7 Å². The first-order valence-corrected chi connectivity index (χ1v) is 7.31. The number of amides is 1. The largest absolute Gasteiger partial charge is 0.481 e. The van der Waals surface area contributed by atoms with E-state index in [0.29, 0.717) is 12.8 Å². The van der Waals surface area contributed by atoms with Crippen LogP contribution in [0.4, 0.5) is 4.79 Å². The van der Waals surface area contributed by atoms with Crippen molar-refractivity contribution in [3.8, 4) is 0 Å². The first-order chi connectivity index (χ1) is 9.07. The summed E-state index contributed by atoms with van der Waals surface area (Å²) in [6.45, 7) is 9.16. The number of carboxylic acids is 1. The quantitative estimate of drug-likeness (QED) is 0.831. The highest BCUT2D eigenvalue weighted by molar-refractivity contribution is 5.75. The molecule has 1 atom stereocenters. The number of alkyl carbamates (subject to hydrolysis) is 1. The summed E-state index contributed by atoms with van der Waals surface area (Å²) >= 11 is 0. The Labute approximate surface area is 121 Å². The van der Waals surface area contributed by atoms with Gasteiger partial charge in [0.05, 0.1) is 11.5 Å². The predicted molar refractivity (Wildman–Crippen MR) is 76.5 cm³/mol. The van der Waals surface area contributed by atoms with Crippen LogP contribution in [0.15, 0.2) is 0 Å². The second kappa shape index (κ2) is 6.02. The zero-order valence-corrected chi connectivity index (χ0v) is 13.2. The van der Waals surface area contributed by atoms with E-state index in [4.69, 9.17) is 4.74 Å². The maximum atomic E-state index is 12.0. The van der Waals surface area contributed by atoms with Gasteiger partial charge in [0, 0.05) is 0 Å². The molecule has 0 spiro atoms. The fourth-order valence-electron chi connectivity index (χ4n) is 3.19. The lowest BCUT2D eigenvalue weighted by Crippen LogP contribution is -2.56. The zero-order valence-electron chi connectivity index (χ0n) is 13.2. The summed E-state index contributed by atoms with van der Waals surface area (Å²) in [5.41, 5.74) is -1.26. The predicted octanol–water partition coefficient (Wildman–Crippen LogP) is 3.18. The van der Waals surface area contributed by atoms with Gasteiger partial charge in [-0.3, -0.25) is 4.79 Å². The van der Waals surface area contributed by atoms with Gasteiger partial charge in [-0.25, -0.2) is 4.79 Å². The van der Waals surface area contributed by atoms with Crippen LogP contribution in [0.5, 0.6) is 0 Å². The minimum absolute atomic E-state index is 0.0412. The highest BCUT2D eigenvalue weighted by atomic mass is 16.6. The SMILES string of the molecule is CC(C)C(C(=O)O)C1(NC(=O)OC(C)(C)C)CCCC1. The van der Waals surface area contributed by atoms with Gasteiger partial charge < -0.3 is 15.2 Å². The Balaban J connectivity index is 2.92. The molecule has 1 aliphatic rings. The molecule has 0 aliphatic heterocycles. The number of hydrogen-bond donors (Lipinski definition) is 2.